The van der Waals surface area contributed by atoms with Crippen LogP contribution in [0.3, 0.4) is 0 Å². The minimum absolute atomic E-state index is 0.160. The molecule has 3 heteroatoms. The van der Waals surface area contributed by atoms with Crippen LogP contribution in [0, 0.1) is 11.8 Å². The van der Waals surface area contributed by atoms with E-state index in [0.717, 1.165) is 0 Å². The molecule has 3 nitrogen and oxygen atoms in total. The van der Waals surface area contributed by atoms with Crippen LogP contribution in [-0.2, 0) is 9.59 Å². The van der Waals surface area contributed by atoms with Crippen LogP contribution >= 0.6 is 0 Å². The summed E-state index contributed by atoms with van der Waals surface area (Å²) in [6.45, 7) is 1.48. The van der Waals surface area contributed by atoms with Gasteiger partial charge in [0.25, 0.3) is 0 Å². The van der Waals surface area contributed by atoms with Crippen molar-refractivity contribution in [2.45, 2.75) is 6.92 Å². The molecule has 0 aromatic carbocycles. The fraction of sp³-hybridized carbons (Fsp3) is 0.273. The molecule has 0 saturated heterocycles. The zero-order valence-corrected chi connectivity index (χ0v) is 7.73. The molecule has 2 aliphatic carbocycles. The molecule has 0 spiro atoms. The molecule has 0 aromatic heterocycles. The first-order chi connectivity index (χ1) is 6.63. The second-order valence-corrected chi connectivity index (χ2v) is 3.52. The largest absolute Gasteiger partial charge is 0.504 e. The molecule has 0 aromatic rings. The van der Waals surface area contributed by atoms with Gasteiger partial charge < -0.3 is 5.11 Å². The Bertz CT molecular complexity index is 361. The van der Waals surface area contributed by atoms with Crippen molar-refractivity contribution in [3.05, 3.63) is 35.6 Å². The average molecular weight is 190 g/mol. The lowest BCUT2D eigenvalue weighted by molar-refractivity contribution is -0.129. The number of carbonyl (C=O) groups excluding carboxylic acids is 2. The van der Waals surface area contributed by atoms with E-state index < -0.39 is 11.8 Å². The molecule has 0 saturated carbocycles. The Morgan fingerprint density at radius 3 is 2.14 bits per heavy atom. The highest BCUT2D eigenvalue weighted by Crippen LogP contribution is 2.31. The molecule has 72 valence electrons. The summed E-state index contributed by atoms with van der Waals surface area (Å²) in [7, 11) is 0. The van der Waals surface area contributed by atoms with E-state index in [9.17, 15) is 14.7 Å². The minimum Gasteiger partial charge on any atom is -0.504 e. The molecule has 0 amide bonds. The number of aliphatic hydroxyl groups is 1. The molecule has 0 heterocycles. The van der Waals surface area contributed by atoms with Crippen molar-refractivity contribution in [2.75, 3.05) is 0 Å². The summed E-state index contributed by atoms with van der Waals surface area (Å²) in [6.07, 6.45) is 6.84. The Hall–Kier alpha value is -1.64. The fourth-order valence-corrected chi connectivity index (χ4v) is 1.82. The zero-order chi connectivity index (χ0) is 10.3. The smallest absolute Gasteiger partial charge is 0.205 e. The van der Waals surface area contributed by atoms with E-state index in [1.807, 2.05) is 0 Å². The lowest BCUT2D eigenvalue weighted by Crippen LogP contribution is -2.35. The van der Waals surface area contributed by atoms with Gasteiger partial charge in [0.05, 0.1) is 11.8 Å². The third-order valence-electron chi connectivity index (χ3n) is 2.70. The fourth-order valence-electron chi connectivity index (χ4n) is 1.82. The number of rotatable bonds is 0. The van der Waals surface area contributed by atoms with E-state index in [1.165, 1.54) is 6.92 Å². The highest BCUT2D eigenvalue weighted by Gasteiger charge is 2.39. The number of hydrogen-bond acceptors (Lipinski definition) is 3. The third kappa shape index (κ3) is 1.05. The lowest BCUT2D eigenvalue weighted by atomic mass is 9.75. The first kappa shape index (κ1) is 8.94. The van der Waals surface area contributed by atoms with Gasteiger partial charge in [-0.2, -0.15) is 0 Å². The maximum absolute atomic E-state index is 11.7. The summed E-state index contributed by atoms with van der Waals surface area (Å²) in [5.74, 6) is -1.81. The highest BCUT2D eigenvalue weighted by atomic mass is 16.3. The number of fused-ring (bicyclic) bond motifs is 1. The molecule has 2 unspecified atom stereocenters. The van der Waals surface area contributed by atoms with Gasteiger partial charge in [0.1, 0.15) is 0 Å². The first-order valence-corrected chi connectivity index (χ1v) is 4.46. The molecule has 0 aliphatic heterocycles. The van der Waals surface area contributed by atoms with Crippen LogP contribution in [0.4, 0.5) is 0 Å². The maximum Gasteiger partial charge on any atom is 0.205 e. The van der Waals surface area contributed by atoms with Crippen molar-refractivity contribution in [2.24, 2.45) is 11.8 Å². The summed E-state index contributed by atoms with van der Waals surface area (Å²) < 4.78 is 0. The standard InChI is InChI=1S/C11H10O3/c1-6-9(12)7-4-2-3-5-8(7)11(14)10(6)13/h2-5,7-8,13H,1H3. The monoisotopic (exact) mass is 190 g/mol. The predicted octanol–water partition coefficient (Wildman–Crippen LogP) is 1.33. The van der Waals surface area contributed by atoms with E-state index in [0.29, 0.717) is 0 Å². The highest BCUT2D eigenvalue weighted by molar-refractivity contribution is 6.13. The van der Waals surface area contributed by atoms with Gasteiger partial charge in [-0.3, -0.25) is 9.59 Å². The van der Waals surface area contributed by atoms with Crippen molar-refractivity contribution < 1.29 is 14.7 Å². The van der Waals surface area contributed by atoms with Crippen LogP contribution in [0.1, 0.15) is 6.92 Å². The van der Waals surface area contributed by atoms with Gasteiger partial charge in [-0.05, 0) is 6.92 Å². The van der Waals surface area contributed by atoms with Gasteiger partial charge in [-0.25, -0.2) is 0 Å². The Morgan fingerprint density at radius 2 is 1.57 bits per heavy atom. The quantitative estimate of drug-likeness (QED) is 0.627. The van der Waals surface area contributed by atoms with E-state index in [2.05, 4.69) is 0 Å². The molecule has 1 N–H and O–H groups in total. The van der Waals surface area contributed by atoms with Gasteiger partial charge in [-0.1, -0.05) is 24.3 Å². The van der Waals surface area contributed by atoms with Gasteiger partial charge in [0.15, 0.2) is 11.5 Å². The van der Waals surface area contributed by atoms with E-state index in [4.69, 9.17) is 0 Å². The average Bonchev–Trinajstić information content (AvgIpc) is 2.23. The Morgan fingerprint density at radius 1 is 1.07 bits per heavy atom. The SMILES string of the molecule is CC1=C(O)C(=O)C2C=CC=CC2C1=O. The van der Waals surface area contributed by atoms with Gasteiger partial charge >= 0.3 is 0 Å². The minimum atomic E-state index is -0.504. The number of Topliss-reactive ketones (excluding diaryl/α,β-unsaturated/α-hetero) is 2. The molecular weight excluding hydrogens is 180 g/mol. The second kappa shape index (κ2) is 2.94. The number of hydrogen-bond donors (Lipinski definition) is 1. The van der Waals surface area contributed by atoms with Crippen molar-refractivity contribution in [3.8, 4) is 0 Å². The Kier molecular flexibility index (Phi) is 1.88. The summed E-state index contributed by atoms with van der Waals surface area (Å²) >= 11 is 0. The summed E-state index contributed by atoms with van der Waals surface area (Å²) in [5, 5.41) is 9.41. The summed E-state index contributed by atoms with van der Waals surface area (Å²) in [4.78, 5) is 23.2. The van der Waals surface area contributed by atoms with Crippen LogP contribution in [0.2, 0.25) is 0 Å². The zero-order valence-electron chi connectivity index (χ0n) is 7.73. The van der Waals surface area contributed by atoms with Gasteiger partial charge in [0, 0.05) is 5.57 Å². The van der Waals surface area contributed by atoms with Crippen molar-refractivity contribution >= 4 is 11.6 Å². The normalized spacial score (nSPS) is 30.9. The van der Waals surface area contributed by atoms with Gasteiger partial charge in [-0.15, -0.1) is 0 Å². The molecule has 2 atom stereocenters. The lowest BCUT2D eigenvalue weighted by Gasteiger charge is -2.26. The molecule has 2 aliphatic rings. The summed E-state index contributed by atoms with van der Waals surface area (Å²) in [6, 6.07) is 0. The van der Waals surface area contributed by atoms with E-state index >= 15 is 0 Å². The third-order valence-corrected chi connectivity index (χ3v) is 2.70. The first-order valence-electron chi connectivity index (χ1n) is 4.46. The Balaban J connectivity index is 2.52. The second-order valence-electron chi connectivity index (χ2n) is 3.52. The van der Waals surface area contributed by atoms with Crippen LogP contribution in [0.25, 0.3) is 0 Å². The maximum atomic E-state index is 11.7. The number of carbonyl (C=O) groups is 2. The van der Waals surface area contributed by atoms with E-state index in [1.54, 1.807) is 24.3 Å². The summed E-state index contributed by atoms with van der Waals surface area (Å²) in [5.41, 5.74) is 0.177. The molecule has 0 radical (unpaired) electrons. The number of aliphatic hydroxyl groups excluding tert-OH is 1. The molecule has 2 rings (SSSR count). The van der Waals surface area contributed by atoms with E-state index in [-0.39, 0.29) is 22.9 Å². The molecule has 0 bridgehead atoms. The molecule has 0 fully saturated rings. The number of allylic oxidation sites excluding steroid dienone is 6. The van der Waals surface area contributed by atoms with Crippen molar-refractivity contribution in [1.29, 1.82) is 0 Å². The molecular formula is C11H10O3. The van der Waals surface area contributed by atoms with Crippen LogP contribution < -0.4 is 0 Å². The number of ketones is 2. The Labute approximate surface area is 81.4 Å². The topological polar surface area (TPSA) is 54.4 Å². The van der Waals surface area contributed by atoms with Crippen LogP contribution in [0.5, 0.6) is 0 Å². The van der Waals surface area contributed by atoms with Crippen molar-refractivity contribution in [3.63, 3.8) is 0 Å². The predicted molar refractivity (Wildman–Crippen MR) is 50.6 cm³/mol. The van der Waals surface area contributed by atoms with Crippen LogP contribution in [-0.4, -0.2) is 16.7 Å². The van der Waals surface area contributed by atoms with Gasteiger partial charge in [0.2, 0.25) is 5.78 Å². The molecule has 14 heavy (non-hydrogen) atoms. The van der Waals surface area contributed by atoms with Crippen LogP contribution in [0.15, 0.2) is 35.6 Å². The van der Waals surface area contributed by atoms with Crippen molar-refractivity contribution in [1.82, 2.24) is 0 Å².